The summed E-state index contributed by atoms with van der Waals surface area (Å²) in [6, 6.07) is 1.99. The van der Waals surface area contributed by atoms with Crippen LogP contribution in [0.1, 0.15) is 37.7 Å². The second-order valence-corrected chi connectivity index (χ2v) is 4.59. The molecule has 0 N–H and O–H groups in total. The van der Waals surface area contributed by atoms with Gasteiger partial charge in [0.25, 0.3) is 0 Å². The Morgan fingerprint density at radius 1 is 1.47 bits per heavy atom. The maximum atomic E-state index is 11.9. The lowest BCUT2D eigenvalue weighted by atomic mass is 10.1. The molecule has 0 spiro atoms. The summed E-state index contributed by atoms with van der Waals surface area (Å²) >= 11 is 0. The number of aryl methyl sites for hydroxylation is 2. The van der Waals surface area contributed by atoms with Crippen molar-refractivity contribution in [1.82, 2.24) is 9.97 Å². The molecule has 0 aromatic carbocycles. The van der Waals surface area contributed by atoms with Gasteiger partial charge in [-0.05, 0) is 26.7 Å². The van der Waals surface area contributed by atoms with E-state index in [-0.39, 0.29) is 6.04 Å². The van der Waals surface area contributed by atoms with Crippen LogP contribution < -0.4 is 4.90 Å². The fourth-order valence-corrected chi connectivity index (χ4v) is 2.46. The van der Waals surface area contributed by atoms with Crippen molar-refractivity contribution in [1.29, 1.82) is 0 Å². The molecule has 1 aliphatic rings. The van der Waals surface area contributed by atoms with Gasteiger partial charge >= 0.3 is 0 Å². The second-order valence-electron chi connectivity index (χ2n) is 4.59. The molecule has 17 heavy (non-hydrogen) atoms. The lowest BCUT2D eigenvalue weighted by Gasteiger charge is -2.24. The van der Waals surface area contributed by atoms with E-state index in [1.165, 1.54) is 0 Å². The summed E-state index contributed by atoms with van der Waals surface area (Å²) in [5.74, 6) is 1.99. The zero-order valence-electron chi connectivity index (χ0n) is 10.7. The molecule has 2 heterocycles. The lowest BCUT2D eigenvalue weighted by Crippen LogP contribution is -2.36. The smallest absolute Gasteiger partial charge is 0.155 e. The summed E-state index contributed by atoms with van der Waals surface area (Å²) in [5, 5.41) is 0. The van der Waals surface area contributed by atoms with Gasteiger partial charge in [-0.25, -0.2) is 9.97 Å². The van der Waals surface area contributed by atoms with E-state index in [4.69, 9.17) is 0 Å². The van der Waals surface area contributed by atoms with Crippen molar-refractivity contribution in [3.63, 3.8) is 0 Å². The largest absolute Gasteiger partial charge is 0.346 e. The highest BCUT2D eigenvalue weighted by molar-refractivity contribution is 5.87. The van der Waals surface area contributed by atoms with Crippen molar-refractivity contribution in [3.05, 3.63) is 17.6 Å². The van der Waals surface area contributed by atoms with E-state index in [1.54, 1.807) is 0 Å². The maximum Gasteiger partial charge on any atom is 0.155 e. The monoisotopic (exact) mass is 233 g/mol. The third-order valence-corrected chi connectivity index (χ3v) is 3.22. The number of nitrogens with zero attached hydrogens (tertiary/aromatic N) is 3. The Balaban J connectivity index is 2.28. The summed E-state index contributed by atoms with van der Waals surface area (Å²) < 4.78 is 0. The van der Waals surface area contributed by atoms with Crippen molar-refractivity contribution < 1.29 is 4.79 Å². The first-order valence-corrected chi connectivity index (χ1v) is 6.23. The number of anilines is 1. The lowest BCUT2D eigenvalue weighted by molar-refractivity contribution is -0.119. The number of carbonyl (C=O) groups excluding carboxylic acids is 1. The maximum absolute atomic E-state index is 11.9. The average molecular weight is 233 g/mol. The van der Waals surface area contributed by atoms with Gasteiger partial charge in [0.2, 0.25) is 0 Å². The Morgan fingerprint density at radius 2 is 2.24 bits per heavy atom. The first-order chi connectivity index (χ1) is 8.11. The van der Waals surface area contributed by atoms with E-state index in [9.17, 15) is 4.79 Å². The van der Waals surface area contributed by atoms with Gasteiger partial charge in [-0.3, -0.25) is 4.79 Å². The molecule has 0 amide bonds. The number of Topliss-reactive ketones (excluding diaryl/α,β-unsaturated/α-hetero) is 1. The molecule has 1 saturated heterocycles. The summed E-state index contributed by atoms with van der Waals surface area (Å²) in [4.78, 5) is 22.7. The molecule has 1 unspecified atom stereocenters. The zero-order valence-corrected chi connectivity index (χ0v) is 10.7. The van der Waals surface area contributed by atoms with Gasteiger partial charge in [0.15, 0.2) is 5.78 Å². The molecule has 1 aromatic rings. The predicted octanol–water partition coefficient (Wildman–Crippen LogP) is 2.04. The number of hydrogen-bond donors (Lipinski definition) is 0. The SMILES string of the molecule is CCC(=O)C1CCCN1c1cc(C)nc(C)n1. The quantitative estimate of drug-likeness (QED) is 0.801. The standard InChI is InChI=1S/C13H19N3O/c1-4-12(17)11-6-5-7-16(11)13-8-9(2)14-10(3)15-13/h8,11H,4-7H2,1-3H3. The molecule has 0 radical (unpaired) electrons. The van der Waals surface area contributed by atoms with E-state index in [2.05, 4.69) is 14.9 Å². The highest BCUT2D eigenvalue weighted by atomic mass is 16.1. The van der Waals surface area contributed by atoms with Crippen molar-refractivity contribution in [2.24, 2.45) is 0 Å². The number of hydrogen-bond acceptors (Lipinski definition) is 4. The second kappa shape index (κ2) is 4.82. The van der Waals surface area contributed by atoms with Crippen LogP contribution in [0.25, 0.3) is 0 Å². The molecule has 0 aliphatic carbocycles. The normalized spacial score (nSPS) is 19.7. The minimum Gasteiger partial charge on any atom is -0.346 e. The highest BCUT2D eigenvalue weighted by Crippen LogP contribution is 2.25. The molecular formula is C13H19N3O. The Morgan fingerprint density at radius 3 is 2.88 bits per heavy atom. The van der Waals surface area contributed by atoms with Crippen LogP contribution in [0.2, 0.25) is 0 Å². The molecule has 1 atom stereocenters. The van der Waals surface area contributed by atoms with Crippen LogP contribution in [0.3, 0.4) is 0 Å². The van der Waals surface area contributed by atoms with E-state index >= 15 is 0 Å². The molecule has 0 bridgehead atoms. The van der Waals surface area contributed by atoms with Crippen molar-refractivity contribution in [3.8, 4) is 0 Å². The minimum atomic E-state index is 0.0219. The van der Waals surface area contributed by atoms with E-state index in [0.29, 0.717) is 12.2 Å². The molecule has 1 aliphatic heterocycles. The van der Waals surface area contributed by atoms with Crippen molar-refractivity contribution in [2.45, 2.75) is 46.1 Å². The van der Waals surface area contributed by atoms with E-state index in [0.717, 1.165) is 36.7 Å². The Bertz CT molecular complexity index is 410. The van der Waals surface area contributed by atoms with Gasteiger partial charge in [0, 0.05) is 24.7 Å². The van der Waals surface area contributed by atoms with Gasteiger partial charge in [0.1, 0.15) is 11.6 Å². The van der Waals surface area contributed by atoms with Crippen LogP contribution in [0.4, 0.5) is 5.82 Å². The number of aromatic nitrogens is 2. The summed E-state index contributed by atoms with van der Waals surface area (Å²) in [6.07, 6.45) is 2.62. The van der Waals surface area contributed by atoms with Crippen molar-refractivity contribution in [2.75, 3.05) is 11.4 Å². The van der Waals surface area contributed by atoms with Crippen LogP contribution in [0.5, 0.6) is 0 Å². The Labute approximate surface area is 102 Å². The molecule has 4 heteroatoms. The van der Waals surface area contributed by atoms with Gasteiger partial charge in [0.05, 0.1) is 6.04 Å². The van der Waals surface area contributed by atoms with Crippen LogP contribution in [-0.4, -0.2) is 28.3 Å². The first kappa shape index (κ1) is 12.0. The molecule has 1 aromatic heterocycles. The molecular weight excluding hydrogens is 214 g/mol. The number of carbonyl (C=O) groups is 1. The molecule has 4 nitrogen and oxygen atoms in total. The van der Waals surface area contributed by atoms with E-state index < -0.39 is 0 Å². The molecule has 2 rings (SSSR count). The fourth-order valence-electron chi connectivity index (χ4n) is 2.46. The van der Waals surface area contributed by atoms with Crippen LogP contribution >= 0.6 is 0 Å². The predicted molar refractivity (Wildman–Crippen MR) is 67.2 cm³/mol. The molecule has 0 saturated carbocycles. The minimum absolute atomic E-state index is 0.0219. The zero-order chi connectivity index (χ0) is 12.4. The van der Waals surface area contributed by atoms with Crippen LogP contribution in [-0.2, 0) is 4.79 Å². The third kappa shape index (κ3) is 2.46. The topological polar surface area (TPSA) is 46.1 Å². The summed E-state index contributed by atoms with van der Waals surface area (Å²) in [6.45, 7) is 6.70. The molecule has 1 fully saturated rings. The number of rotatable bonds is 3. The van der Waals surface area contributed by atoms with Gasteiger partial charge in [-0.1, -0.05) is 6.92 Å². The van der Waals surface area contributed by atoms with Gasteiger partial charge in [-0.2, -0.15) is 0 Å². The van der Waals surface area contributed by atoms with Crippen LogP contribution in [0, 0.1) is 13.8 Å². The Hall–Kier alpha value is -1.45. The first-order valence-electron chi connectivity index (χ1n) is 6.23. The van der Waals surface area contributed by atoms with Gasteiger partial charge in [-0.15, -0.1) is 0 Å². The molecule has 92 valence electrons. The van der Waals surface area contributed by atoms with E-state index in [1.807, 2.05) is 26.8 Å². The summed E-state index contributed by atoms with van der Waals surface area (Å²) in [7, 11) is 0. The Kier molecular flexibility index (Phi) is 3.41. The fraction of sp³-hybridized carbons (Fsp3) is 0.615. The summed E-state index contributed by atoms with van der Waals surface area (Å²) in [5.41, 5.74) is 0.960. The van der Waals surface area contributed by atoms with Gasteiger partial charge < -0.3 is 4.90 Å². The van der Waals surface area contributed by atoms with Crippen molar-refractivity contribution >= 4 is 11.6 Å². The average Bonchev–Trinajstić information content (AvgIpc) is 2.75. The third-order valence-electron chi connectivity index (χ3n) is 3.22. The highest BCUT2D eigenvalue weighted by Gasteiger charge is 2.30. The van der Waals surface area contributed by atoms with Crippen LogP contribution in [0.15, 0.2) is 6.07 Å². The number of ketones is 1.